The van der Waals surface area contributed by atoms with Crippen LogP contribution in [0.25, 0.3) is 0 Å². The van der Waals surface area contributed by atoms with Gasteiger partial charge in [-0.3, -0.25) is 14.9 Å². The zero-order valence-corrected chi connectivity index (χ0v) is 10.6. The predicted octanol–water partition coefficient (Wildman–Crippen LogP) is 2.99. The number of hydrogen-bond donors (Lipinski definition) is 0. The Morgan fingerprint density at radius 3 is 2.60 bits per heavy atom. The molecule has 2 rings (SSSR count). The Labute approximate surface area is 114 Å². The molecule has 0 aliphatic carbocycles. The van der Waals surface area contributed by atoms with Gasteiger partial charge in [0.15, 0.2) is 5.76 Å². The number of Topliss-reactive ketones (excluding diaryl/α,β-unsaturated/α-hetero) is 1. The Hall–Kier alpha value is -2.94. The summed E-state index contributed by atoms with van der Waals surface area (Å²) < 4.78 is 4.85. The molecule has 100 valence electrons. The topological polar surface area (TPSA) is 97.1 Å². The third-order valence-corrected chi connectivity index (χ3v) is 2.91. The summed E-state index contributed by atoms with van der Waals surface area (Å²) in [5.41, 5.74) is 1.37. The summed E-state index contributed by atoms with van der Waals surface area (Å²) in [5.74, 6) is -2.34. The van der Waals surface area contributed by atoms with Gasteiger partial charge in [-0.2, -0.15) is 5.26 Å². The normalized spacial score (nSPS) is 11.6. The van der Waals surface area contributed by atoms with Crippen molar-refractivity contribution >= 4 is 11.7 Å². The van der Waals surface area contributed by atoms with Gasteiger partial charge in [0, 0.05) is 0 Å². The van der Waals surface area contributed by atoms with Crippen LogP contribution >= 0.6 is 0 Å². The molecule has 1 aromatic heterocycles. The fourth-order valence-corrected chi connectivity index (χ4v) is 1.88. The molecule has 2 aromatic rings. The molecule has 0 radical (unpaired) electrons. The first-order chi connectivity index (χ1) is 9.54. The van der Waals surface area contributed by atoms with Gasteiger partial charge in [0.25, 0.3) is 0 Å². The molecule has 0 spiro atoms. The summed E-state index contributed by atoms with van der Waals surface area (Å²) in [6.45, 7) is 1.79. The molecule has 0 saturated carbocycles. The second-order valence-corrected chi connectivity index (χ2v) is 4.18. The van der Waals surface area contributed by atoms with Crippen LogP contribution in [0.15, 0.2) is 40.8 Å². The predicted molar refractivity (Wildman–Crippen MR) is 69.2 cm³/mol. The second-order valence-electron chi connectivity index (χ2n) is 4.18. The summed E-state index contributed by atoms with van der Waals surface area (Å²) in [6, 6.07) is 11.2. The lowest BCUT2D eigenvalue weighted by atomic mass is 9.91. The quantitative estimate of drug-likeness (QED) is 0.483. The molecule has 0 saturated heterocycles. The van der Waals surface area contributed by atoms with E-state index in [1.54, 1.807) is 31.2 Å². The van der Waals surface area contributed by atoms with Crippen molar-refractivity contribution in [2.45, 2.75) is 12.8 Å². The second kappa shape index (κ2) is 5.36. The highest BCUT2D eigenvalue weighted by atomic mass is 16.6. The van der Waals surface area contributed by atoms with E-state index in [1.807, 2.05) is 6.07 Å². The number of furan rings is 1. The Kier molecular flexibility index (Phi) is 3.62. The number of aryl methyl sites for hydroxylation is 1. The molecule has 0 bridgehead atoms. The summed E-state index contributed by atoms with van der Waals surface area (Å²) >= 11 is 0. The molecular weight excluding hydrogens is 260 g/mol. The maximum Gasteiger partial charge on any atom is 0.433 e. The van der Waals surface area contributed by atoms with Crippen LogP contribution in [0.5, 0.6) is 0 Å². The lowest BCUT2D eigenvalue weighted by Crippen LogP contribution is -2.11. The van der Waals surface area contributed by atoms with E-state index in [-0.39, 0.29) is 5.76 Å². The number of nitriles is 1. The Balaban J connectivity index is 2.37. The van der Waals surface area contributed by atoms with Gasteiger partial charge in [0.2, 0.25) is 5.78 Å². The van der Waals surface area contributed by atoms with Crippen molar-refractivity contribution in [3.63, 3.8) is 0 Å². The largest absolute Gasteiger partial charge is 0.433 e. The molecule has 20 heavy (non-hydrogen) atoms. The van der Waals surface area contributed by atoms with Gasteiger partial charge in [-0.15, -0.1) is 0 Å². The molecule has 6 heteroatoms. The summed E-state index contributed by atoms with van der Waals surface area (Å²) in [6.07, 6.45) is 0. The van der Waals surface area contributed by atoms with E-state index in [0.717, 1.165) is 11.6 Å². The van der Waals surface area contributed by atoms with Crippen molar-refractivity contribution in [2.75, 3.05) is 0 Å². The van der Waals surface area contributed by atoms with Crippen LogP contribution in [0, 0.1) is 28.4 Å². The van der Waals surface area contributed by atoms with E-state index in [2.05, 4.69) is 0 Å². The van der Waals surface area contributed by atoms with E-state index >= 15 is 0 Å². The van der Waals surface area contributed by atoms with Crippen molar-refractivity contribution in [1.29, 1.82) is 5.26 Å². The van der Waals surface area contributed by atoms with E-state index in [0.29, 0.717) is 5.56 Å². The minimum Gasteiger partial charge on any atom is -0.397 e. The molecule has 6 nitrogen and oxygen atoms in total. The highest BCUT2D eigenvalue weighted by Gasteiger charge is 2.27. The van der Waals surface area contributed by atoms with Gasteiger partial charge >= 0.3 is 5.88 Å². The molecule has 0 N–H and O–H groups in total. The fourth-order valence-electron chi connectivity index (χ4n) is 1.88. The lowest BCUT2D eigenvalue weighted by Gasteiger charge is -2.09. The Morgan fingerprint density at radius 2 is 2.05 bits per heavy atom. The SMILES string of the molecule is Cc1ccccc1C(C#N)C(=O)c1ccc([N+](=O)[O-])o1. The van der Waals surface area contributed by atoms with Crippen LogP contribution in [0.2, 0.25) is 0 Å². The number of carbonyl (C=O) groups excluding carboxylic acids is 1. The van der Waals surface area contributed by atoms with Gasteiger partial charge in [-0.05, 0) is 24.1 Å². The zero-order valence-electron chi connectivity index (χ0n) is 10.6. The van der Waals surface area contributed by atoms with Crippen molar-refractivity contribution < 1.29 is 14.1 Å². The molecule has 1 aromatic carbocycles. The van der Waals surface area contributed by atoms with Gasteiger partial charge in [0.05, 0.1) is 12.1 Å². The third-order valence-electron chi connectivity index (χ3n) is 2.91. The maximum absolute atomic E-state index is 12.2. The highest BCUT2D eigenvalue weighted by Crippen LogP contribution is 2.26. The molecular formula is C14H10N2O4. The van der Waals surface area contributed by atoms with Gasteiger partial charge in [0.1, 0.15) is 10.8 Å². The van der Waals surface area contributed by atoms with Crippen LogP contribution in [0.1, 0.15) is 27.6 Å². The van der Waals surface area contributed by atoms with Crippen molar-refractivity contribution in [2.24, 2.45) is 0 Å². The minimum absolute atomic E-state index is 0.188. The number of hydrogen-bond acceptors (Lipinski definition) is 5. The number of nitrogens with zero attached hydrogens (tertiary/aromatic N) is 2. The van der Waals surface area contributed by atoms with Crippen LogP contribution in [-0.2, 0) is 0 Å². The first-order valence-electron chi connectivity index (χ1n) is 5.78. The van der Waals surface area contributed by atoms with E-state index in [1.165, 1.54) is 6.07 Å². The van der Waals surface area contributed by atoms with Crippen molar-refractivity contribution in [3.05, 3.63) is 63.4 Å². The first-order valence-corrected chi connectivity index (χ1v) is 5.78. The van der Waals surface area contributed by atoms with Crippen LogP contribution < -0.4 is 0 Å². The standard InChI is InChI=1S/C14H10N2O4/c1-9-4-2-3-5-10(9)11(8-15)14(17)12-6-7-13(20-12)16(18)19/h2-7,11H,1H3. The molecule has 1 unspecified atom stereocenters. The summed E-state index contributed by atoms with van der Waals surface area (Å²) in [7, 11) is 0. The molecule has 1 heterocycles. The average Bonchev–Trinajstić information content (AvgIpc) is 2.91. The zero-order chi connectivity index (χ0) is 14.7. The molecule has 1 atom stereocenters. The molecule has 0 amide bonds. The average molecular weight is 270 g/mol. The van der Waals surface area contributed by atoms with Crippen molar-refractivity contribution in [3.8, 4) is 6.07 Å². The van der Waals surface area contributed by atoms with Gasteiger partial charge in [-0.1, -0.05) is 24.3 Å². The molecule has 0 aliphatic heterocycles. The number of rotatable bonds is 4. The monoisotopic (exact) mass is 270 g/mol. The minimum atomic E-state index is -1.04. The lowest BCUT2D eigenvalue weighted by molar-refractivity contribution is -0.402. The number of carbonyl (C=O) groups is 1. The molecule has 0 fully saturated rings. The van der Waals surface area contributed by atoms with E-state index < -0.39 is 22.5 Å². The first kappa shape index (κ1) is 13.5. The van der Waals surface area contributed by atoms with Crippen LogP contribution in [0.4, 0.5) is 5.88 Å². The van der Waals surface area contributed by atoms with E-state index in [9.17, 15) is 20.2 Å². The van der Waals surface area contributed by atoms with Crippen LogP contribution in [-0.4, -0.2) is 10.7 Å². The maximum atomic E-state index is 12.2. The summed E-state index contributed by atoms with van der Waals surface area (Å²) in [5, 5.41) is 19.7. The van der Waals surface area contributed by atoms with Crippen LogP contribution in [0.3, 0.4) is 0 Å². The smallest absolute Gasteiger partial charge is 0.397 e. The fraction of sp³-hybridized carbons (Fsp3) is 0.143. The van der Waals surface area contributed by atoms with Gasteiger partial charge < -0.3 is 4.42 Å². The third kappa shape index (κ3) is 2.42. The number of benzene rings is 1. The van der Waals surface area contributed by atoms with Gasteiger partial charge in [-0.25, -0.2) is 0 Å². The Morgan fingerprint density at radius 1 is 1.35 bits per heavy atom. The number of nitro groups is 1. The Bertz CT molecular complexity index is 712. The number of ketones is 1. The van der Waals surface area contributed by atoms with Crippen molar-refractivity contribution in [1.82, 2.24) is 0 Å². The van der Waals surface area contributed by atoms with E-state index in [4.69, 9.17) is 4.42 Å². The molecule has 0 aliphatic rings. The summed E-state index contributed by atoms with van der Waals surface area (Å²) in [4.78, 5) is 22.0. The highest BCUT2D eigenvalue weighted by molar-refractivity contribution is 6.01.